The van der Waals surface area contributed by atoms with Crippen molar-refractivity contribution in [3.8, 4) is 0 Å². The molecule has 2 N–H and O–H groups in total. The topological polar surface area (TPSA) is 91.1 Å². The number of hydrogen-bond donors (Lipinski definition) is 1. The first-order chi connectivity index (χ1) is 14.3. The van der Waals surface area contributed by atoms with Gasteiger partial charge in [-0.25, -0.2) is 9.59 Å². The van der Waals surface area contributed by atoms with Crippen molar-refractivity contribution in [1.82, 2.24) is 4.90 Å². The number of esters is 2. The van der Waals surface area contributed by atoms with Crippen molar-refractivity contribution < 1.29 is 23.8 Å². The lowest BCUT2D eigenvalue weighted by Gasteiger charge is -2.35. The molecule has 1 aromatic carbocycles. The molecule has 1 aliphatic rings. The first kappa shape index (κ1) is 25.7. The predicted octanol–water partition coefficient (Wildman–Crippen LogP) is 3.15. The van der Waals surface area contributed by atoms with E-state index in [9.17, 15) is 9.59 Å². The molecule has 0 saturated carbocycles. The Morgan fingerprint density at radius 3 is 2.27 bits per heavy atom. The quantitative estimate of drug-likeness (QED) is 0.516. The van der Waals surface area contributed by atoms with Gasteiger partial charge in [-0.3, -0.25) is 0 Å². The Morgan fingerprint density at radius 2 is 1.80 bits per heavy atom. The summed E-state index contributed by atoms with van der Waals surface area (Å²) in [6.45, 7) is 6.59. The lowest BCUT2D eigenvalue weighted by molar-refractivity contribution is -0.139. The zero-order valence-corrected chi connectivity index (χ0v) is 19.0. The highest BCUT2D eigenvalue weighted by atomic mass is 35.5. The van der Waals surface area contributed by atoms with Crippen LogP contribution in [0.25, 0.3) is 0 Å². The highest BCUT2D eigenvalue weighted by molar-refractivity contribution is 6.30. The highest BCUT2D eigenvalue weighted by Crippen LogP contribution is 2.35. The standard InChI is InChI=1S/C16H26N2O5.C6H5Cl/c1-6-23-16(20)14-10(2)13(15(19)21-5)11(3)18(4)12(14)9-22-8-7-17;7-6-4-2-1-3-5-6/h10H,6-9,17H2,1-5H3;1-5H. The normalized spacial score (nSPS) is 16.1. The number of benzene rings is 1. The van der Waals surface area contributed by atoms with Gasteiger partial charge in [-0.15, -0.1) is 0 Å². The van der Waals surface area contributed by atoms with E-state index in [-0.39, 0.29) is 13.2 Å². The molecule has 166 valence electrons. The van der Waals surface area contributed by atoms with Gasteiger partial charge in [0, 0.05) is 30.2 Å². The molecule has 0 spiro atoms. The second-order valence-electron chi connectivity index (χ2n) is 6.49. The largest absolute Gasteiger partial charge is 0.466 e. The Labute approximate surface area is 183 Å². The van der Waals surface area contributed by atoms with Crippen LogP contribution in [0, 0.1) is 5.92 Å². The summed E-state index contributed by atoms with van der Waals surface area (Å²) >= 11 is 5.54. The highest BCUT2D eigenvalue weighted by Gasteiger charge is 2.37. The van der Waals surface area contributed by atoms with Gasteiger partial charge in [0.25, 0.3) is 0 Å². The van der Waals surface area contributed by atoms with Crippen molar-refractivity contribution >= 4 is 23.5 Å². The average Bonchev–Trinajstić information content (AvgIpc) is 2.72. The molecule has 8 heteroatoms. The Balaban J connectivity index is 0.000000539. The van der Waals surface area contributed by atoms with Gasteiger partial charge in [0.15, 0.2) is 0 Å². The van der Waals surface area contributed by atoms with Crippen LogP contribution in [0.5, 0.6) is 0 Å². The fraction of sp³-hybridized carbons (Fsp3) is 0.455. The summed E-state index contributed by atoms with van der Waals surface area (Å²) in [4.78, 5) is 26.3. The molecule has 2 rings (SSSR count). The lowest BCUT2D eigenvalue weighted by atomic mass is 9.86. The molecular weight excluding hydrogens is 408 g/mol. The molecule has 7 nitrogen and oxygen atoms in total. The summed E-state index contributed by atoms with van der Waals surface area (Å²) in [6.07, 6.45) is 0. The van der Waals surface area contributed by atoms with Crippen molar-refractivity contribution in [2.45, 2.75) is 20.8 Å². The molecule has 1 atom stereocenters. The molecule has 0 aromatic heterocycles. The van der Waals surface area contributed by atoms with Gasteiger partial charge in [0.2, 0.25) is 0 Å². The molecule has 30 heavy (non-hydrogen) atoms. The first-order valence-electron chi connectivity index (χ1n) is 9.71. The van der Waals surface area contributed by atoms with Gasteiger partial charge in [0.05, 0.1) is 43.8 Å². The Morgan fingerprint density at radius 1 is 1.17 bits per heavy atom. The van der Waals surface area contributed by atoms with Crippen LogP contribution in [0.3, 0.4) is 0 Å². The smallest absolute Gasteiger partial charge is 0.336 e. The minimum absolute atomic E-state index is 0.220. The number of rotatable bonds is 7. The number of nitrogens with zero attached hydrogens (tertiary/aromatic N) is 1. The van der Waals surface area contributed by atoms with Crippen LogP contribution in [-0.2, 0) is 23.8 Å². The Hall–Kier alpha value is -2.35. The van der Waals surface area contributed by atoms with Crippen LogP contribution < -0.4 is 5.73 Å². The van der Waals surface area contributed by atoms with Crippen LogP contribution in [0.4, 0.5) is 0 Å². The van der Waals surface area contributed by atoms with Crippen LogP contribution >= 0.6 is 11.6 Å². The van der Waals surface area contributed by atoms with E-state index in [1.54, 1.807) is 25.8 Å². The summed E-state index contributed by atoms with van der Waals surface area (Å²) in [5.41, 5.74) is 7.70. The number of allylic oxidation sites excluding steroid dienone is 1. The molecule has 0 aliphatic carbocycles. The van der Waals surface area contributed by atoms with E-state index in [0.717, 1.165) is 10.7 Å². The Kier molecular flexibility index (Phi) is 11.2. The van der Waals surface area contributed by atoms with Crippen molar-refractivity contribution in [3.05, 3.63) is 57.9 Å². The van der Waals surface area contributed by atoms with E-state index < -0.39 is 17.9 Å². The maximum atomic E-state index is 12.4. The fourth-order valence-corrected chi connectivity index (χ4v) is 3.20. The van der Waals surface area contributed by atoms with Gasteiger partial charge in [-0.05, 0) is 26.0 Å². The van der Waals surface area contributed by atoms with Crippen molar-refractivity contribution in [2.75, 3.05) is 40.5 Å². The second kappa shape index (κ2) is 13.1. The summed E-state index contributed by atoms with van der Waals surface area (Å²) in [6, 6.07) is 9.44. The van der Waals surface area contributed by atoms with Crippen molar-refractivity contribution in [3.63, 3.8) is 0 Å². The maximum absolute atomic E-state index is 12.4. The van der Waals surface area contributed by atoms with Crippen LogP contribution in [0.1, 0.15) is 20.8 Å². The molecule has 1 heterocycles. The molecule has 0 bridgehead atoms. The number of halogens is 1. The monoisotopic (exact) mass is 438 g/mol. The zero-order chi connectivity index (χ0) is 22.7. The van der Waals surface area contributed by atoms with E-state index in [2.05, 4.69) is 0 Å². The van der Waals surface area contributed by atoms with E-state index in [0.29, 0.717) is 30.0 Å². The SMILES string of the molecule is CCOC(=O)C1=C(COCCN)N(C)C(C)=C(C(=O)OC)C1C.Clc1ccccc1. The average molecular weight is 439 g/mol. The van der Waals surface area contributed by atoms with Crippen molar-refractivity contribution in [2.24, 2.45) is 11.7 Å². The number of hydrogen-bond acceptors (Lipinski definition) is 7. The second-order valence-corrected chi connectivity index (χ2v) is 6.93. The zero-order valence-electron chi connectivity index (χ0n) is 18.2. The number of ether oxygens (including phenoxy) is 3. The Bertz CT molecular complexity index is 777. The van der Waals surface area contributed by atoms with Crippen LogP contribution in [0.2, 0.25) is 5.02 Å². The lowest BCUT2D eigenvalue weighted by Crippen LogP contribution is -2.36. The molecule has 0 radical (unpaired) electrons. The maximum Gasteiger partial charge on any atom is 0.336 e. The molecule has 1 aliphatic heterocycles. The number of nitrogens with two attached hydrogens (primary N) is 1. The third kappa shape index (κ3) is 6.86. The number of carbonyl (C=O) groups excluding carboxylic acids is 2. The third-order valence-electron chi connectivity index (χ3n) is 4.61. The molecule has 1 aromatic rings. The van der Waals surface area contributed by atoms with E-state index in [4.69, 9.17) is 31.5 Å². The van der Waals surface area contributed by atoms with Crippen LogP contribution in [-0.4, -0.2) is 57.4 Å². The molecule has 0 amide bonds. The summed E-state index contributed by atoms with van der Waals surface area (Å²) < 4.78 is 15.5. The number of carbonyl (C=O) groups is 2. The van der Waals surface area contributed by atoms with Gasteiger partial charge >= 0.3 is 11.9 Å². The van der Waals surface area contributed by atoms with E-state index >= 15 is 0 Å². The predicted molar refractivity (Wildman–Crippen MR) is 117 cm³/mol. The summed E-state index contributed by atoms with van der Waals surface area (Å²) in [5, 5.41) is 0.794. The molecule has 0 saturated heterocycles. The first-order valence-corrected chi connectivity index (χ1v) is 10.1. The van der Waals surface area contributed by atoms with E-state index in [1.165, 1.54) is 7.11 Å². The van der Waals surface area contributed by atoms with Gasteiger partial charge in [0.1, 0.15) is 0 Å². The molecule has 0 fully saturated rings. The minimum atomic E-state index is -0.453. The molecular formula is C22H31ClN2O5. The third-order valence-corrected chi connectivity index (χ3v) is 4.86. The van der Waals surface area contributed by atoms with Gasteiger partial charge in [-0.1, -0.05) is 36.7 Å². The summed E-state index contributed by atoms with van der Waals surface area (Å²) in [7, 11) is 3.10. The van der Waals surface area contributed by atoms with Gasteiger partial charge in [-0.2, -0.15) is 0 Å². The van der Waals surface area contributed by atoms with E-state index in [1.807, 2.05) is 37.3 Å². The van der Waals surface area contributed by atoms with Crippen LogP contribution in [0.15, 0.2) is 52.9 Å². The number of likely N-dealkylation sites (N-methyl/N-ethyl adjacent to an activating group) is 1. The fourth-order valence-electron chi connectivity index (χ4n) is 3.05. The molecule has 1 unspecified atom stereocenters. The van der Waals surface area contributed by atoms with Crippen molar-refractivity contribution in [1.29, 1.82) is 0 Å². The van der Waals surface area contributed by atoms with Gasteiger partial charge < -0.3 is 24.8 Å². The summed E-state index contributed by atoms with van der Waals surface area (Å²) in [5.74, 6) is -1.34. The minimum Gasteiger partial charge on any atom is -0.466 e. The number of methoxy groups -OCH3 is 1.